The number of carbonyl (C=O) groups excluding carboxylic acids is 4. The molecule has 2 aromatic rings. The molecule has 168 valence electrons. The van der Waals surface area contributed by atoms with Gasteiger partial charge in [0.1, 0.15) is 18.6 Å². The van der Waals surface area contributed by atoms with Crippen molar-refractivity contribution in [2.24, 2.45) is 5.73 Å². The van der Waals surface area contributed by atoms with Crippen molar-refractivity contribution in [3.05, 3.63) is 35.2 Å². The molecular formula is C21H22FN5O4S. The number of likely N-dealkylation sites (tertiary alicyclic amines) is 1. The molecular weight excluding hydrogens is 437 g/mol. The van der Waals surface area contributed by atoms with Crippen LogP contribution in [0.25, 0.3) is 11.3 Å². The molecule has 1 aromatic heterocycles. The Balaban J connectivity index is 1.40. The number of halogens is 1. The van der Waals surface area contributed by atoms with Crippen LogP contribution in [0.15, 0.2) is 29.6 Å². The summed E-state index contributed by atoms with van der Waals surface area (Å²) in [6.45, 7) is -0.256. The smallest absolute Gasteiger partial charge is 0.251 e. The molecule has 4 rings (SSSR count). The summed E-state index contributed by atoms with van der Waals surface area (Å²) < 4.78 is 13.9. The number of anilines is 1. The molecule has 1 saturated carbocycles. The number of hydrogen-bond acceptors (Lipinski definition) is 6. The third-order valence-electron chi connectivity index (χ3n) is 5.29. The summed E-state index contributed by atoms with van der Waals surface area (Å²) in [5, 5.41) is 7.59. The Bertz CT molecular complexity index is 1050. The average Bonchev–Trinajstić information content (AvgIpc) is 3.28. The van der Waals surface area contributed by atoms with Crippen LogP contribution in [0.1, 0.15) is 36.0 Å². The fourth-order valence-electron chi connectivity index (χ4n) is 3.50. The molecule has 0 unspecified atom stereocenters. The summed E-state index contributed by atoms with van der Waals surface area (Å²) in [6.07, 6.45) is -0.0572. The highest BCUT2D eigenvalue weighted by atomic mass is 32.1. The maximum Gasteiger partial charge on any atom is 0.251 e. The summed E-state index contributed by atoms with van der Waals surface area (Å²) in [5.41, 5.74) is 6.98. The lowest BCUT2D eigenvalue weighted by Gasteiger charge is -2.22. The summed E-state index contributed by atoms with van der Waals surface area (Å²) in [6, 6.07) is 6.23. The molecule has 0 bridgehead atoms. The van der Waals surface area contributed by atoms with Crippen LogP contribution in [0.5, 0.6) is 0 Å². The number of primary amides is 1. The van der Waals surface area contributed by atoms with Gasteiger partial charge in [0.25, 0.3) is 5.91 Å². The van der Waals surface area contributed by atoms with Gasteiger partial charge in [0.05, 0.1) is 12.2 Å². The van der Waals surface area contributed by atoms with Gasteiger partial charge >= 0.3 is 0 Å². The van der Waals surface area contributed by atoms with Gasteiger partial charge in [-0.2, -0.15) is 0 Å². The number of nitrogens with two attached hydrogens (primary N) is 1. The quantitative estimate of drug-likeness (QED) is 0.539. The lowest BCUT2D eigenvalue weighted by atomic mass is 10.1. The molecule has 11 heteroatoms. The first kappa shape index (κ1) is 21.9. The van der Waals surface area contributed by atoms with Gasteiger partial charge in [-0.25, -0.2) is 9.37 Å². The fourth-order valence-corrected chi connectivity index (χ4v) is 4.22. The minimum atomic E-state index is -1.36. The van der Waals surface area contributed by atoms with E-state index in [1.165, 1.54) is 11.3 Å². The predicted molar refractivity (Wildman–Crippen MR) is 115 cm³/mol. The highest BCUT2D eigenvalue weighted by molar-refractivity contribution is 7.14. The van der Waals surface area contributed by atoms with E-state index in [0.29, 0.717) is 16.4 Å². The van der Waals surface area contributed by atoms with Gasteiger partial charge in [0, 0.05) is 29.0 Å². The Labute approximate surface area is 187 Å². The number of nitrogens with zero attached hydrogens (tertiary/aromatic N) is 2. The Morgan fingerprint density at radius 2 is 1.91 bits per heavy atom. The molecule has 0 radical (unpaired) electrons. The van der Waals surface area contributed by atoms with E-state index >= 15 is 0 Å². The molecule has 4 amide bonds. The van der Waals surface area contributed by atoms with E-state index in [-0.39, 0.29) is 24.9 Å². The Kier molecular flexibility index (Phi) is 6.17. The minimum absolute atomic E-state index is 0.108. The summed E-state index contributed by atoms with van der Waals surface area (Å²) in [7, 11) is 0. The van der Waals surface area contributed by atoms with E-state index in [1.54, 1.807) is 29.6 Å². The zero-order chi connectivity index (χ0) is 22.8. The summed E-state index contributed by atoms with van der Waals surface area (Å²) in [4.78, 5) is 53.3. The molecule has 1 saturated heterocycles. The first-order chi connectivity index (χ1) is 15.3. The van der Waals surface area contributed by atoms with Gasteiger partial charge in [-0.05, 0) is 25.0 Å². The van der Waals surface area contributed by atoms with Crippen LogP contribution < -0.4 is 16.4 Å². The normalized spacial score (nSPS) is 20.1. The second-order valence-electron chi connectivity index (χ2n) is 7.89. The van der Waals surface area contributed by atoms with Crippen LogP contribution in [0.2, 0.25) is 0 Å². The number of thiazole rings is 1. The van der Waals surface area contributed by atoms with Crippen LogP contribution >= 0.6 is 11.3 Å². The fraction of sp³-hybridized carbons (Fsp3) is 0.381. The van der Waals surface area contributed by atoms with Crippen molar-refractivity contribution in [2.75, 3.05) is 11.9 Å². The highest BCUT2D eigenvalue weighted by Crippen LogP contribution is 2.27. The molecule has 1 aromatic carbocycles. The molecule has 2 atom stereocenters. The van der Waals surface area contributed by atoms with Crippen molar-refractivity contribution in [3.63, 3.8) is 0 Å². The molecule has 0 spiro atoms. The second kappa shape index (κ2) is 9.03. The average molecular weight is 460 g/mol. The number of rotatable bonds is 7. The molecule has 1 aliphatic heterocycles. The standard InChI is InChI=1S/C21H22FN5O4S/c22-13-7-16(27(9-13)18(29)8-17(23)28)20(31)26-21-25-15(10-32-21)11-1-3-12(4-2-11)19(30)24-14-5-6-14/h1-4,10,13-14,16H,5-9H2,(H2,23,28)(H,24,30)(H,25,26,31)/t13-,16-/m0/s1. The molecule has 4 N–H and O–H groups in total. The maximum absolute atomic E-state index is 13.9. The van der Waals surface area contributed by atoms with E-state index in [1.807, 2.05) is 0 Å². The van der Waals surface area contributed by atoms with Crippen LogP contribution in [-0.2, 0) is 14.4 Å². The van der Waals surface area contributed by atoms with E-state index in [9.17, 15) is 23.6 Å². The number of alkyl halides is 1. The van der Waals surface area contributed by atoms with E-state index < -0.39 is 36.4 Å². The Morgan fingerprint density at radius 1 is 1.19 bits per heavy atom. The number of aromatic nitrogens is 1. The SMILES string of the molecule is NC(=O)CC(=O)N1C[C@@H](F)C[C@H]1C(=O)Nc1nc(-c2ccc(C(=O)NC3CC3)cc2)cs1. The van der Waals surface area contributed by atoms with Crippen molar-refractivity contribution >= 4 is 40.1 Å². The third kappa shape index (κ3) is 5.10. The van der Waals surface area contributed by atoms with Gasteiger partial charge in [0.15, 0.2) is 5.13 Å². The molecule has 2 aliphatic rings. The number of nitrogens with one attached hydrogen (secondary N) is 2. The number of amides is 4. The zero-order valence-electron chi connectivity index (χ0n) is 17.0. The molecule has 1 aliphatic carbocycles. The van der Waals surface area contributed by atoms with Crippen molar-refractivity contribution in [3.8, 4) is 11.3 Å². The van der Waals surface area contributed by atoms with E-state index in [4.69, 9.17) is 5.73 Å². The van der Waals surface area contributed by atoms with Crippen LogP contribution in [0.3, 0.4) is 0 Å². The van der Waals surface area contributed by atoms with Gasteiger partial charge < -0.3 is 21.3 Å². The summed E-state index contributed by atoms with van der Waals surface area (Å²) in [5.74, 6) is -2.19. The van der Waals surface area contributed by atoms with Gasteiger partial charge in [-0.15, -0.1) is 11.3 Å². The maximum atomic E-state index is 13.9. The van der Waals surface area contributed by atoms with E-state index in [2.05, 4.69) is 15.6 Å². The molecule has 2 fully saturated rings. The topological polar surface area (TPSA) is 134 Å². The number of benzene rings is 1. The van der Waals surface area contributed by atoms with E-state index in [0.717, 1.165) is 23.3 Å². The van der Waals surface area contributed by atoms with Crippen molar-refractivity contribution < 1.29 is 23.6 Å². The molecule has 9 nitrogen and oxygen atoms in total. The first-order valence-electron chi connectivity index (χ1n) is 10.2. The summed E-state index contributed by atoms with van der Waals surface area (Å²) >= 11 is 1.19. The highest BCUT2D eigenvalue weighted by Gasteiger charge is 2.40. The largest absolute Gasteiger partial charge is 0.369 e. The monoisotopic (exact) mass is 459 g/mol. The Hall–Kier alpha value is -3.34. The minimum Gasteiger partial charge on any atom is -0.369 e. The predicted octanol–water partition coefficient (Wildman–Crippen LogP) is 1.46. The zero-order valence-corrected chi connectivity index (χ0v) is 17.9. The molecule has 2 heterocycles. The number of carbonyl (C=O) groups is 4. The third-order valence-corrected chi connectivity index (χ3v) is 6.05. The molecule has 32 heavy (non-hydrogen) atoms. The van der Waals surface area contributed by atoms with Crippen molar-refractivity contribution in [1.82, 2.24) is 15.2 Å². The lowest BCUT2D eigenvalue weighted by molar-refractivity contribution is -0.139. The van der Waals surface area contributed by atoms with Crippen LogP contribution in [0, 0.1) is 0 Å². The second-order valence-corrected chi connectivity index (χ2v) is 8.75. The van der Waals surface area contributed by atoms with Gasteiger partial charge in [0.2, 0.25) is 17.7 Å². The van der Waals surface area contributed by atoms with Crippen molar-refractivity contribution in [2.45, 2.75) is 43.9 Å². The van der Waals surface area contributed by atoms with Crippen LogP contribution in [0.4, 0.5) is 9.52 Å². The van der Waals surface area contributed by atoms with Gasteiger partial charge in [-0.1, -0.05) is 12.1 Å². The van der Waals surface area contributed by atoms with Gasteiger partial charge in [-0.3, -0.25) is 19.2 Å². The first-order valence-corrected chi connectivity index (χ1v) is 11.1. The number of hydrogen-bond donors (Lipinski definition) is 3. The van der Waals surface area contributed by atoms with Crippen LogP contribution in [-0.4, -0.2) is 58.3 Å². The Morgan fingerprint density at radius 3 is 2.56 bits per heavy atom. The lowest BCUT2D eigenvalue weighted by Crippen LogP contribution is -2.44. The van der Waals surface area contributed by atoms with Crippen molar-refractivity contribution in [1.29, 1.82) is 0 Å².